The van der Waals surface area contributed by atoms with Crippen LogP contribution >= 0.6 is 11.3 Å². The molecule has 1 N–H and O–H groups in total. The lowest BCUT2D eigenvalue weighted by molar-refractivity contribution is 0.0942. The first-order valence-electron chi connectivity index (χ1n) is 12.2. The summed E-state index contributed by atoms with van der Waals surface area (Å²) in [4.78, 5) is 22.7. The molecule has 2 aromatic rings. The summed E-state index contributed by atoms with van der Waals surface area (Å²) >= 11 is 1.34. The minimum Gasteiger partial charge on any atom is -0.492 e. The summed E-state index contributed by atoms with van der Waals surface area (Å²) in [6.45, 7) is 19.9. The number of thiazole rings is 1. The Morgan fingerprint density at radius 1 is 1.18 bits per heavy atom. The van der Waals surface area contributed by atoms with E-state index in [9.17, 15) is 10.1 Å². The van der Waals surface area contributed by atoms with Gasteiger partial charge in [0.05, 0.1) is 23.6 Å². The number of nitrogens with one attached hydrogen (secondary N) is 1. The van der Waals surface area contributed by atoms with Crippen molar-refractivity contribution in [1.82, 2.24) is 15.2 Å². The zero-order valence-electron chi connectivity index (χ0n) is 21.9. The molecule has 186 valence electrons. The Labute approximate surface area is 208 Å². The molecule has 2 rings (SSSR count). The van der Waals surface area contributed by atoms with Crippen LogP contribution in [0.25, 0.3) is 10.6 Å². The van der Waals surface area contributed by atoms with Gasteiger partial charge in [-0.15, -0.1) is 11.3 Å². The summed E-state index contributed by atoms with van der Waals surface area (Å²) in [6, 6.07) is 7.06. The Hall–Kier alpha value is -2.63. The van der Waals surface area contributed by atoms with Gasteiger partial charge in [0, 0.05) is 38.3 Å². The summed E-state index contributed by atoms with van der Waals surface area (Å²) < 4.78 is 5.95. The maximum atomic E-state index is 12.9. The van der Waals surface area contributed by atoms with E-state index in [2.05, 4.69) is 67.7 Å². The smallest absolute Gasteiger partial charge is 0.263 e. The summed E-state index contributed by atoms with van der Waals surface area (Å²) in [5.74, 6) is 0.409. The molecule has 1 aromatic carbocycles. The molecule has 0 aliphatic rings. The van der Waals surface area contributed by atoms with E-state index in [0.717, 1.165) is 30.9 Å². The lowest BCUT2D eigenvalue weighted by Gasteiger charge is -2.30. The lowest BCUT2D eigenvalue weighted by atomic mass is 10.1. The Morgan fingerprint density at radius 2 is 1.82 bits per heavy atom. The summed E-state index contributed by atoms with van der Waals surface area (Å²) in [7, 11) is 0. The fourth-order valence-corrected chi connectivity index (χ4v) is 5.19. The first-order valence-corrected chi connectivity index (χ1v) is 13.0. The monoisotopic (exact) mass is 485 g/mol. The molecule has 0 saturated carbocycles. The summed E-state index contributed by atoms with van der Waals surface area (Å²) in [6.07, 6.45) is 0. The van der Waals surface area contributed by atoms with E-state index in [-0.39, 0.29) is 5.91 Å². The topological polar surface area (TPSA) is 81.5 Å². The molecule has 1 amide bonds. The number of carbonyl (C=O) groups is 1. The van der Waals surface area contributed by atoms with Gasteiger partial charge in [-0.3, -0.25) is 9.69 Å². The van der Waals surface area contributed by atoms with Crippen LogP contribution in [0.1, 0.15) is 69.4 Å². The number of amides is 1. The molecule has 0 aliphatic heterocycles. The summed E-state index contributed by atoms with van der Waals surface area (Å²) in [5.41, 5.74) is 2.78. The van der Waals surface area contributed by atoms with E-state index in [1.165, 1.54) is 11.3 Å². The molecule has 0 spiro atoms. The van der Waals surface area contributed by atoms with Crippen LogP contribution in [0, 0.1) is 18.3 Å². The third kappa shape index (κ3) is 6.28. The fourth-order valence-electron chi connectivity index (χ4n) is 4.18. The zero-order valence-corrected chi connectivity index (χ0v) is 22.7. The normalized spacial score (nSPS) is 11.2. The van der Waals surface area contributed by atoms with Gasteiger partial charge in [-0.1, -0.05) is 0 Å². The zero-order chi connectivity index (χ0) is 25.4. The summed E-state index contributed by atoms with van der Waals surface area (Å²) in [5, 5.41) is 13.7. The number of rotatable bonds is 12. The quantitative estimate of drug-likeness (QED) is 0.451. The minimum atomic E-state index is -0.119. The predicted molar refractivity (Wildman–Crippen MR) is 141 cm³/mol. The predicted octanol–water partition coefficient (Wildman–Crippen LogP) is 5.08. The fraction of sp³-hybridized carbons (Fsp3) is 0.577. The van der Waals surface area contributed by atoms with Gasteiger partial charge in [-0.2, -0.15) is 5.26 Å². The molecule has 0 bridgehead atoms. The molecule has 0 aliphatic carbocycles. The molecule has 34 heavy (non-hydrogen) atoms. The maximum absolute atomic E-state index is 12.9. The maximum Gasteiger partial charge on any atom is 0.263 e. The van der Waals surface area contributed by atoms with Crippen molar-refractivity contribution in [3.8, 4) is 22.4 Å². The van der Waals surface area contributed by atoms with Crippen LogP contribution in [0.5, 0.6) is 5.75 Å². The van der Waals surface area contributed by atoms with Crippen LogP contribution in [-0.4, -0.2) is 60.7 Å². The van der Waals surface area contributed by atoms with Crippen molar-refractivity contribution in [2.45, 2.75) is 67.5 Å². The van der Waals surface area contributed by atoms with Gasteiger partial charge >= 0.3 is 0 Å². The van der Waals surface area contributed by atoms with E-state index in [0.29, 0.717) is 52.1 Å². The minimum absolute atomic E-state index is 0.119. The second-order valence-corrected chi connectivity index (χ2v) is 9.67. The third-order valence-corrected chi connectivity index (χ3v) is 7.05. The van der Waals surface area contributed by atoms with E-state index in [1.807, 2.05) is 26.0 Å². The molecule has 0 atom stereocenters. The highest BCUT2D eigenvalue weighted by Gasteiger charge is 2.23. The van der Waals surface area contributed by atoms with Crippen molar-refractivity contribution in [2.75, 3.05) is 37.7 Å². The molecule has 0 fully saturated rings. The second kappa shape index (κ2) is 12.7. The second-order valence-electron chi connectivity index (χ2n) is 8.67. The van der Waals surface area contributed by atoms with Gasteiger partial charge < -0.3 is 15.0 Å². The van der Waals surface area contributed by atoms with Crippen molar-refractivity contribution < 1.29 is 9.53 Å². The van der Waals surface area contributed by atoms with Crippen LogP contribution < -0.4 is 15.0 Å². The van der Waals surface area contributed by atoms with E-state index >= 15 is 0 Å². The molecule has 8 heteroatoms. The van der Waals surface area contributed by atoms with E-state index in [4.69, 9.17) is 4.74 Å². The largest absolute Gasteiger partial charge is 0.492 e. The highest BCUT2D eigenvalue weighted by atomic mass is 32.1. The molecule has 0 unspecified atom stereocenters. The number of ether oxygens (including phenoxy) is 1. The lowest BCUT2D eigenvalue weighted by Crippen LogP contribution is -2.42. The average Bonchev–Trinajstić information content (AvgIpc) is 3.18. The van der Waals surface area contributed by atoms with Crippen molar-refractivity contribution in [3.05, 3.63) is 28.3 Å². The molecule has 0 saturated heterocycles. The van der Waals surface area contributed by atoms with E-state index in [1.54, 1.807) is 0 Å². The standard InChI is InChI=1S/C26H39N5O2S/c1-9-30(10-2)22-13-12-20(23(33-11-3)21(22)16-27)26-29-19(8)24(34-26)25(32)28-14-15-31(17(4)5)18(6)7/h12-13,17-18H,9-11,14-15H2,1-8H3,(H,28,32). The number of aryl methyl sites for hydroxylation is 1. The van der Waals surface area contributed by atoms with Crippen LogP contribution in [-0.2, 0) is 0 Å². The number of aromatic nitrogens is 1. The van der Waals surface area contributed by atoms with E-state index < -0.39 is 0 Å². The van der Waals surface area contributed by atoms with Crippen LogP contribution in [0.3, 0.4) is 0 Å². The molecular weight excluding hydrogens is 446 g/mol. The Kier molecular flexibility index (Phi) is 10.3. The number of nitriles is 1. The molecule has 1 aromatic heterocycles. The van der Waals surface area contributed by atoms with Crippen LogP contribution in [0.4, 0.5) is 5.69 Å². The van der Waals surface area contributed by atoms with Crippen molar-refractivity contribution in [2.24, 2.45) is 0 Å². The van der Waals surface area contributed by atoms with Gasteiger partial charge in [0.2, 0.25) is 0 Å². The highest BCUT2D eigenvalue weighted by Crippen LogP contribution is 2.40. The van der Waals surface area contributed by atoms with Gasteiger partial charge in [0.15, 0.2) is 0 Å². The molecule has 7 nitrogen and oxygen atoms in total. The SMILES string of the molecule is CCOc1c(-c2nc(C)c(C(=O)NCCN(C(C)C)C(C)C)s2)ccc(N(CC)CC)c1C#N. The van der Waals surface area contributed by atoms with Gasteiger partial charge in [0.1, 0.15) is 27.3 Å². The van der Waals surface area contributed by atoms with Crippen molar-refractivity contribution in [1.29, 1.82) is 5.26 Å². The van der Waals surface area contributed by atoms with Gasteiger partial charge in [-0.05, 0) is 67.5 Å². The first kappa shape index (κ1) is 27.6. The molecule has 1 heterocycles. The number of anilines is 1. The van der Waals surface area contributed by atoms with Crippen molar-refractivity contribution in [3.63, 3.8) is 0 Å². The Morgan fingerprint density at radius 3 is 2.35 bits per heavy atom. The number of hydrogen-bond acceptors (Lipinski definition) is 7. The van der Waals surface area contributed by atoms with Gasteiger partial charge in [0.25, 0.3) is 5.91 Å². The van der Waals surface area contributed by atoms with Crippen LogP contribution in [0.15, 0.2) is 12.1 Å². The highest BCUT2D eigenvalue weighted by molar-refractivity contribution is 7.17. The Bertz CT molecular complexity index is 997. The number of nitrogens with zero attached hydrogens (tertiary/aromatic N) is 4. The van der Waals surface area contributed by atoms with Crippen molar-refractivity contribution >= 4 is 22.9 Å². The number of hydrogen-bond donors (Lipinski definition) is 1. The molecular formula is C26H39N5O2S. The Balaban J connectivity index is 2.34. The number of benzene rings is 1. The average molecular weight is 486 g/mol. The van der Waals surface area contributed by atoms with Gasteiger partial charge in [-0.25, -0.2) is 4.98 Å². The van der Waals surface area contributed by atoms with Crippen LogP contribution in [0.2, 0.25) is 0 Å². The first-order chi connectivity index (χ1) is 16.2. The molecule has 0 radical (unpaired) electrons. The number of carbonyl (C=O) groups excluding carboxylic acids is 1. The third-order valence-electron chi connectivity index (χ3n) is 5.86.